The zero-order valence-electron chi connectivity index (χ0n) is 14.6. The van der Waals surface area contributed by atoms with Crippen LogP contribution in [0.3, 0.4) is 0 Å². The van der Waals surface area contributed by atoms with Gasteiger partial charge < -0.3 is 20.7 Å². The smallest absolute Gasteiger partial charge is 0.162 e. The van der Waals surface area contributed by atoms with E-state index < -0.39 is 0 Å². The first-order valence-corrected chi connectivity index (χ1v) is 7.81. The molecule has 3 aromatic rings. The van der Waals surface area contributed by atoms with Crippen molar-refractivity contribution in [1.29, 1.82) is 0 Å². The third kappa shape index (κ3) is 2.99. The van der Waals surface area contributed by atoms with Crippen molar-refractivity contribution in [2.75, 3.05) is 20.0 Å². The van der Waals surface area contributed by atoms with E-state index >= 15 is 0 Å². The van der Waals surface area contributed by atoms with Crippen LogP contribution in [-0.4, -0.2) is 29.7 Å². The van der Waals surface area contributed by atoms with Crippen LogP contribution in [0, 0.1) is 19.3 Å². The van der Waals surface area contributed by atoms with Crippen LogP contribution in [0.2, 0.25) is 5.02 Å². The highest BCUT2D eigenvalue weighted by molar-refractivity contribution is 6.32. The largest absolute Gasteiger partial charge is 0.493 e. The first-order valence-electron chi connectivity index (χ1n) is 7.44. The third-order valence-electron chi connectivity index (χ3n) is 4.05. The second kappa shape index (κ2) is 7.48. The summed E-state index contributed by atoms with van der Waals surface area (Å²) in [4.78, 5) is 8.73. The van der Waals surface area contributed by atoms with Crippen LogP contribution in [0.15, 0.2) is 24.5 Å². The first-order chi connectivity index (χ1) is 12.0. The predicted molar refractivity (Wildman–Crippen MR) is 104 cm³/mol. The zero-order valence-corrected chi connectivity index (χ0v) is 15.3. The predicted octanol–water partition coefficient (Wildman–Crippen LogP) is 3.01. The highest BCUT2D eigenvalue weighted by Gasteiger charge is 2.19. The highest BCUT2D eigenvalue weighted by atomic mass is 35.5. The molecule has 0 bridgehead atoms. The van der Waals surface area contributed by atoms with Crippen molar-refractivity contribution in [3.63, 3.8) is 0 Å². The Morgan fingerprint density at radius 3 is 2.38 bits per heavy atom. The maximum absolute atomic E-state index is 6.33. The molecule has 1 heterocycles. The standard InChI is InChI=1S/C19H16ClN3O2.H2O/c1-5-11-13(20)6-10(2)18(21)17(11)19-12-7-15(24-3)16(25-4)8-14(12)22-9-23-19;/h1,6-9H,21H2,2-4H3;1H2. The molecule has 0 fully saturated rings. The molecule has 7 heteroatoms. The summed E-state index contributed by atoms with van der Waals surface area (Å²) < 4.78 is 10.7. The topological polar surface area (TPSA) is 102 Å². The Bertz CT molecular complexity index is 1030. The maximum Gasteiger partial charge on any atom is 0.162 e. The number of methoxy groups -OCH3 is 2. The lowest BCUT2D eigenvalue weighted by Crippen LogP contribution is -2.01. The number of ether oxygens (including phenoxy) is 2. The SMILES string of the molecule is C#Cc1c(Cl)cc(C)c(N)c1-c1ncnc2cc(OC)c(OC)cc12.O. The van der Waals surface area contributed by atoms with E-state index in [1.807, 2.05) is 6.92 Å². The van der Waals surface area contributed by atoms with Gasteiger partial charge in [-0.25, -0.2) is 9.97 Å². The van der Waals surface area contributed by atoms with Crippen molar-refractivity contribution in [2.45, 2.75) is 6.92 Å². The van der Waals surface area contributed by atoms with Gasteiger partial charge in [-0.05, 0) is 24.6 Å². The summed E-state index contributed by atoms with van der Waals surface area (Å²) in [6.45, 7) is 1.87. The summed E-state index contributed by atoms with van der Waals surface area (Å²) >= 11 is 6.33. The van der Waals surface area contributed by atoms with Gasteiger partial charge in [0.05, 0.1) is 36.0 Å². The quantitative estimate of drug-likeness (QED) is 0.563. The second-order valence-electron chi connectivity index (χ2n) is 5.43. The van der Waals surface area contributed by atoms with Gasteiger partial charge in [-0.2, -0.15) is 0 Å². The number of hydrogen-bond acceptors (Lipinski definition) is 5. The molecule has 1 aromatic heterocycles. The van der Waals surface area contributed by atoms with Crippen molar-refractivity contribution < 1.29 is 14.9 Å². The van der Waals surface area contributed by atoms with E-state index in [-0.39, 0.29) is 5.48 Å². The normalized spacial score (nSPS) is 10.1. The molecule has 0 unspecified atom stereocenters. The van der Waals surface area contributed by atoms with E-state index in [1.54, 1.807) is 32.4 Å². The molecule has 0 aliphatic heterocycles. The van der Waals surface area contributed by atoms with Gasteiger partial charge in [0.1, 0.15) is 6.33 Å². The zero-order chi connectivity index (χ0) is 18.1. The molecule has 0 atom stereocenters. The molecule has 26 heavy (non-hydrogen) atoms. The minimum atomic E-state index is 0. The van der Waals surface area contributed by atoms with Gasteiger partial charge in [-0.1, -0.05) is 17.5 Å². The van der Waals surface area contributed by atoms with Gasteiger partial charge in [0.15, 0.2) is 11.5 Å². The number of benzene rings is 2. The summed E-state index contributed by atoms with van der Waals surface area (Å²) in [6, 6.07) is 5.34. The molecule has 0 radical (unpaired) electrons. The monoisotopic (exact) mass is 371 g/mol. The summed E-state index contributed by atoms with van der Waals surface area (Å²) in [5.41, 5.74) is 10.1. The minimum absolute atomic E-state index is 0. The lowest BCUT2D eigenvalue weighted by Gasteiger charge is -2.15. The van der Waals surface area contributed by atoms with Crippen molar-refractivity contribution in [3.8, 4) is 35.1 Å². The molecule has 6 nitrogen and oxygen atoms in total. The van der Waals surface area contributed by atoms with Gasteiger partial charge in [-0.15, -0.1) is 6.42 Å². The van der Waals surface area contributed by atoms with Crippen LogP contribution in [0.1, 0.15) is 11.1 Å². The number of fused-ring (bicyclic) bond motifs is 1. The molecule has 4 N–H and O–H groups in total. The lowest BCUT2D eigenvalue weighted by atomic mass is 9.96. The molecule has 0 amide bonds. The number of nitrogen functional groups attached to an aromatic ring is 1. The summed E-state index contributed by atoms with van der Waals surface area (Å²) in [6.07, 6.45) is 7.13. The van der Waals surface area contributed by atoms with Crippen molar-refractivity contribution in [1.82, 2.24) is 9.97 Å². The van der Waals surface area contributed by atoms with Gasteiger partial charge in [0.25, 0.3) is 0 Å². The molecule has 0 aliphatic carbocycles. The molecular formula is C19H18ClN3O3. The number of halogens is 1. The number of anilines is 1. The van der Waals surface area contributed by atoms with E-state index in [1.165, 1.54) is 6.33 Å². The molecule has 0 aliphatic rings. The maximum atomic E-state index is 6.33. The number of nitrogens with two attached hydrogens (primary N) is 1. The highest BCUT2D eigenvalue weighted by Crippen LogP contribution is 2.40. The third-order valence-corrected chi connectivity index (χ3v) is 4.35. The van der Waals surface area contributed by atoms with Crippen LogP contribution < -0.4 is 15.2 Å². The van der Waals surface area contributed by atoms with E-state index in [0.29, 0.717) is 44.5 Å². The average Bonchev–Trinajstić information content (AvgIpc) is 2.62. The molecule has 134 valence electrons. The summed E-state index contributed by atoms with van der Waals surface area (Å²) in [5.74, 6) is 3.75. The molecule has 0 saturated heterocycles. The summed E-state index contributed by atoms with van der Waals surface area (Å²) in [7, 11) is 3.14. The number of hydrogen-bond donors (Lipinski definition) is 1. The van der Waals surface area contributed by atoms with Crippen LogP contribution >= 0.6 is 11.6 Å². The van der Waals surface area contributed by atoms with Crippen molar-refractivity contribution >= 4 is 28.2 Å². The second-order valence-corrected chi connectivity index (χ2v) is 5.84. The Balaban J connectivity index is 0.00000243. The van der Waals surface area contributed by atoms with E-state index in [9.17, 15) is 0 Å². The fraction of sp³-hybridized carbons (Fsp3) is 0.158. The number of aryl methyl sites for hydroxylation is 1. The van der Waals surface area contributed by atoms with E-state index in [2.05, 4.69) is 15.9 Å². The van der Waals surface area contributed by atoms with Crippen molar-refractivity contribution in [2.24, 2.45) is 0 Å². The Labute approximate surface area is 156 Å². The van der Waals surface area contributed by atoms with Gasteiger partial charge in [0.2, 0.25) is 0 Å². The Hall–Kier alpha value is -3.01. The van der Waals surface area contributed by atoms with Gasteiger partial charge in [-0.3, -0.25) is 0 Å². The van der Waals surface area contributed by atoms with Crippen LogP contribution in [0.4, 0.5) is 5.69 Å². The molecule has 3 rings (SSSR count). The molecule has 2 aromatic carbocycles. The van der Waals surface area contributed by atoms with Crippen molar-refractivity contribution in [3.05, 3.63) is 40.7 Å². The number of terminal acetylenes is 1. The molecule has 0 saturated carbocycles. The van der Waals surface area contributed by atoms with Gasteiger partial charge >= 0.3 is 0 Å². The van der Waals surface area contributed by atoms with Crippen LogP contribution in [0.5, 0.6) is 11.5 Å². The van der Waals surface area contributed by atoms with Gasteiger partial charge in [0, 0.05) is 22.7 Å². The van der Waals surface area contributed by atoms with E-state index in [0.717, 1.165) is 10.9 Å². The lowest BCUT2D eigenvalue weighted by molar-refractivity contribution is 0.356. The van der Waals surface area contributed by atoms with E-state index in [4.69, 9.17) is 33.2 Å². The molecular weight excluding hydrogens is 354 g/mol. The Morgan fingerprint density at radius 1 is 1.12 bits per heavy atom. The van der Waals surface area contributed by atoms with Crippen LogP contribution in [0.25, 0.3) is 22.2 Å². The Morgan fingerprint density at radius 2 is 1.77 bits per heavy atom. The number of aromatic nitrogens is 2. The molecule has 0 spiro atoms. The number of nitrogens with zero attached hydrogens (tertiary/aromatic N) is 2. The summed E-state index contributed by atoms with van der Waals surface area (Å²) in [5, 5.41) is 1.20. The fourth-order valence-corrected chi connectivity index (χ4v) is 3.07. The number of rotatable bonds is 3. The first kappa shape index (κ1) is 19.3. The Kier molecular flexibility index (Phi) is 5.56. The minimum Gasteiger partial charge on any atom is -0.493 e. The average molecular weight is 372 g/mol. The fourth-order valence-electron chi connectivity index (χ4n) is 2.76. The van der Waals surface area contributed by atoms with Crippen LogP contribution in [-0.2, 0) is 0 Å².